The van der Waals surface area contributed by atoms with E-state index in [4.69, 9.17) is 23.7 Å². The van der Waals surface area contributed by atoms with Crippen LogP contribution < -0.4 is 9.47 Å². The molecule has 1 rings (SSSR count). The Bertz CT molecular complexity index is 771. The molecular formula is C23H34O8. The van der Waals surface area contributed by atoms with Gasteiger partial charge >= 0.3 is 11.9 Å². The lowest BCUT2D eigenvalue weighted by Crippen LogP contribution is -2.29. The van der Waals surface area contributed by atoms with Crippen molar-refractivity contribution in [3.8, 4) is 11.5 Å². The number of rotatable bonds is 10. The van der Waals surface area contributed by atoms with Gasteiger partial charge in [-0.3, -0.25) is 9.59 Å². The molecular weight excluding hydrogens is 404 g/mol. The lowest BCUT2D eigenvalue weighted by atomic mass is 10.1. The van der Waals surface area contributed by atoms with Gasteiger partial charge in [-0.05, 0) is 66.2 Å². The Kier molecular flexibility index (Phi) is 9.49. The molecule has 1 aromatic carbocycles. The topological polar surface area (TPSA) is 97.4 Å². The summed E-state index contributed by atoms with van der Waals surface area (Å²) in [6, 6.07) is 3.12. The molecule has 0 saturated heterocycles. The molecule has 0 aliphatic heterocycles. The van der Waals surface area contributed by atoms with Crippen molar-refractivity contribution in [1.29, 1.82) is 0 Å². The number of ether oxygens (including phenoxy) is 5. The van der Waals surface area contributed by atoms with Gasteiger partial charge in [0, 0.05) is 6.92 Å². The molecule has 8 heteroatoms. The highest BCUT2D eigenvalue weighted by Crippen LogP contribution is 2.34. The summed E-state index contributed by atoms with van der Waals surface area (Å²) in [5.74, 6) is -0.689. The lowest BCUT2D eigenvalue weighted by Gasteiger charge is -2.24. The van der Waals surface area contributed by atoms with Gasteiger partial charge in [0.25, 0.3) is 0 Å². The van der Waals surface area contributed by atoms with Gasteiger partial charge in [-0.1, -0.05) is 0 Å². The maximum absolute atomic E-state index is 12.1. The van der Waals surface area contributed by atoms with Gasteiger partial charge in [0.05, 0.1) is 17.8 Å². The smallest absolute Gasteiger partial charge is 0.344 e. The Balaban J connectivity index is 3.13. The lowest BCUT2D eigenvalue weighted by molar-refractivity contribution is -0.157. The summed E-state index contributed by atoms with van der Waals surface area (Å²) in [5.41, 5.74) is -0.313. The average Bonchev–Trinajstić information content (AvgIpc) is 2.61. The van der Waals surface area contributed by atoms with Gasteiger partial charge in [0.1, 0.15) is 18.3 Å². The SMILES string of the molecule is CC(=O)OCc1cc(C=O)c(OCC(=O)OC(C)(C)C)c(OC(C)COC(C)(C)C)c1. The molecule has 0 N–H and O–H groups in total. The van der Waals surface area contributed by atoms with Gasteiger partial charge in [-0.2, -0.15) is 0 Å². The van der Waals surface area contributed by atoms with E-state index in [1.54, 1.807) is 26.8 Å². The number of hydrogen-bond acceptors (Lipinski definition) is 8. The Morgan fingerprint density at radius 3 is 2.23 bits per heavy atom. The minimum atomic E-state index is -0.667. The van der Waals surface area contributed by atoms with E-state index < -0.39 is 24.1 Å². The fourth-order valence-electron chi connectivity index (χ4n) is 2.40. The van der Waals surface area contributed by atoms with Gasteiger partial charge in [-0.25, -0.2) is 4.79 Å². The molecule has 1 unspecified atom stereocenters. The Labute approximate surface area is 184 Å². The van der Waals surface area contributed by atoms with E-state index in [1.165, 1.54) is 13.0 Å². The van der Waals surface area contributed by atoms with Gasteiger partial charge in [-0.15, -0.1) is 0 Å². The molecule has 0 aromatic heterocycles. The first-order chi connectivity index (χ1) is 14.2. The minimum Gasteiger partial charge on any atom is -0.484 e. The fraction of sp³-hybridized carbons (Fsp3) is 0.609. The molecule has 1 atom stereocenters. The predicted octanol–water partition coefficient (Wildman–Crippen LogP) is 3.87. The van der Waals surface area contributed by atoms with Crippen LogP contribution in [0.2, 0.25) is 0 Å². The largest absolute Gasteiger partial charge is 0.484 e. The quantitative estimate of drug-likeness (QED) is 0.401. The van der Waals surface area contributed by atoms with E-state index >= 15 is 0 Å². The zero-order valence-electron chi connectivity index (χ0n) is 19.7. The van der Waals surface area contributed by atoms with Crippen molar-refractivity contribution in [2.75, 3.05) is 13.2 Å². The third-order valence-corrected chi connectivity index (χ3v) is 3.55. The first kappa shape index (κ1) is 26.4. The molecule has 0 heterocycles. The summed E-state index contributed by atoms with van der Waals surface area (Å²) >= 11 is 0. The van der Waals surface area contributed by atoms with Crippen molar-refractivity contribution >= 4 is 18.2 Å². The molecule has 8 nitrogen and oxygen atoms in total. The second-order valence-corrected chi connectivity index (χ2v) is 9.14. The monoisotopic (exact) mass is 438 g/mol. The van der Waals surface area contributed by atoms with Gasteiger partial charge < -0.3 is 23.7 Å². The first-order valence-electron chi connectivity index (χ1n) is 10.1. The summed E-state index contributed by atoms with van der Waals surface area (Å²) in [4.78, 5) is 34.9. The number of esters is 2. The highest BCUT2D eigenvalue weighted by atomic mass is 16.6. The van der Waals surface area contributed by atoms with Crippen LogP contribution in [0.25, 0.3) is 0 Å². The number of carbonyl (C=O) groups excluding carboxylic acids is 3. The molecule has 0 radical (unpaired) electrons. The highest BCUT2D eigenvalue weighted by molar-refractivity contribution is 5.82. The zero-order chi connectivity index (χ0) is 23.8. The van der Waals surface area contributed by atoms with Crippen molar-refractivity contribution in [2.24, 2.45) is 0 Å². The summed E-state index contributed by atoms with van der Waals surface area (Å²) in [6.45, 7) is 14.0. The summed E-state index contributed by atoms with van der Waals surface area (Å²) < 4.78 is 27.6. The number of hydrogen-bond donors (Lipinski definition) is 0. The maximum Gasteiger partial charge on any atom is 0.344 e. The predicted molar refractivity (Wildman–Crippen MR) is 114 cm³/mol. The molecule has 0 fully saturated rings. The van der Waals surface area contributed by atoms with Crippen molar-refractivity contribution in [3.63, 3.8) is 0 Å². The summed E-state index contributed by atoms with van der Waals surface area (Å²) in [5, 5.41) is 0. The van der Waals surface area contributed by atoms with E-state index in [9.17, 15) is 14.4 Å². The van der Waals surface area contributed by atoms with E-state index in [0.717, 1.165) is 0 Å². The third kappa shape index (κ3) is 10.8. The molecule has 0 spiro atoms. The number of carbonyl (C=O) groups is 3. The molecule has 0 aliphatic rings. The van der Waals surface area contributed by atoms with Crippen LogP contribution in [0.3, 0.4) is 0 Å². The van der Waals surface area contributed by atoms with Crippen LogP contribution in [-0.4, -0.2) is 48.7 Å². The highest BCUT2D eigenvalue weighted by Gasteiger charge is 2.21. The molecule has 1 aromatic rings. The van der Waals surface area contributed by atoms with Crippen LogP contribution in [0.4, 0.5) is 0 Å². The average molecular weight is 439 g/mol. The Morgan fingerprint density at radius 1 is 1.06 bits per heavy atom. The fourth-order valence-corrected chi connectivity index (χ4v) is 2.40. The van der Waals surface area contributed by atoms with Crippen LogP contribution in [-0.2, 0) is 30.4 Å². The Morgan fingerprint density at radius 2 is 1.71 bits per heavy atom. The first-order valence-corrected chi connectivity index (χ1v) is 10.1. The molecule has 0 aliphatic carbocycles. The summed E-state index contributed by atoms with van der Waals surface area (Å²) in [7, 11) is 0. The molecule has 0 amide bonds. The number of aldehydes is 1. The van der Waals surface area contributed by atoms with Crippen LogP contribution >= 0.6 is 0 Å². The van der Waals surface area contributed by atoms with Gasteiger partial charge in [0.15, 0.2) is 24.4 Å². The van der Waals surface area contributed by atoms with Gasteiger partial charge in [0.2, 0.25) is 0 Å². The standard InChI is InChI=1S/C23H34O8/c1-15(12-29-22(3,4)5)30-19-10-17(13-27-16(2)25)9-18(11-24)21(19)28-14-20(26)31-23(6,7)8/h9-11,15H,12-14H2,1-8H3. The minimum absolute atomic E-state index is 0.0360. The van der Waals surface area contributed by atoms with Crippen LogP contribution in [0.5, 0.6) is 11.5 Å². The summed E-state index contributed by atoms with van der Waals surface area (Å²) in [6.07, 6.45) is 0.205. The van der Waals surface area contributed by atoms with Crippen molar-refractivity contribution in [2.45, 2.75) is 79.3 Å². The molecule has 0 bridgehead atoms. The van der Waals surface area contributed by atoms with E-state index in [1.807, 2.05) is 27.7 Å². The normalized spacial score (nSPS) is 12.6. The molecule has 174 valence electrons. The van der Waals surface area contributed by atoms with Crippen LogP contribution in [0.15, 0.2) is 12.1 Å². The zero-order valence-corrected chi connectivity index (χ0v) is 19.7. The second-order valence-electron chi connectivity index (χ2n) is 9.14. The van der Waals surface area contributed by atoms with Crippen LogP contribution in [0.1, 0.15) is 71.3 Å². The molecule has 0 saturated carbocycles. The molecule has 31 heavy (non-hydrogen) atoms. The van der Waals surface area contributed by atoms with E-state index in [-0.39, 0.29) is 35.4 Å². The Hall–Kier alpha value is -2.61. The number of benzene rings is 1. The van der Waals surface area contributed by atoms with Crippen molar-refractivity contribution in [1.82, 2.24) is 0 Å². The van der Waals surface area contributed by atoms with Crippen molar-refractivity contribution in [3.05, 3.63) is 23.3 Å². The second kappa shape index (κ2) is 11.1. The maximum atomic E-state index is 12.1. The van der Waals surface area contributed by atoms with E-state index in [0.29, 0.717) is 18.5 Å². The van der Waals surface area contributed by atoms with E-state index in [2.05, 4.69) is 0 Å². The van der Waals surface area contributed by atoms with Crippen LogP contribution in [0, 0.1) is 0 Å². The third-order valence-electron chi connectivity index (χ3n) is 3.55. The van der Waals surface area contributed by atoms with Crippen molar-refractivity contribution < 1.29 is 38.1 Å².